The van der Waals surface area contributed by atoms with Crippen LogP contribution < -0.4 is 0 Å². The van der Waals surface area contributed by atoms with Crippen LogP contribution in [-0.4, -0.2) is 33.7 Å². The fourth-order valence-electron chi connectivity index (χ4n) is 3.41. The largest absolute Gasteiger partial charge is 0.504 e. The minimum atomic E-state index is -0.0574. The maximum absolute atomic E-state index is 10.3. The van der Waals surface area contributed by atoms with E-state index >= 15 is 0 Å². The van der Waals surface area contributed by atoms with E-state index in [4.69, 9.17) is 0 Å². The number of aromatic hydroxyl groups is 2. The lowest BCUT2D eigenvalue weighted by molar-refractivity contribution is 0.170. The molecule has 0 aromatic heterocycles. The second-order valence-corrected chi connectivity index (χ2v) is 6.89. The van der Waals surface area contributed by atoms with Gasteiger partial charge in [-0.1, -0.05) is 42.5 Å². The second kappa shape index (κ2) is 8.20. The Balaban J connectivity index is 2.33. The number of phenolic OH excluding ortho intramolecular Hbond substituents is 2. The number of benzene rings is 2. The monoisotopic (exact) mass is 327 g/mol. The first kappa shape index (κ1) is 18.3. The van der Waals surface area contributed by atoms with Crippen LogP contribution in [0.4, 0.5) is 0 Å². The highest BCUT2D eigenvalue weighted by molar-refractivity contribution is 5.49. The molecule has 0 bridgehead atoms. The molecule has 0 radical (unpaired) electrons. The summed E-state index contributed by atoms with van der Waals surface area (Å²) >= 11 is 0. The highest BCUT2D eigenvalue weighted by atomic mass is 16.3. The Morgan fingerprint density at radius 2 is 1.46 bits per heavy atom. The molecule has 0 fully saturated rings. The van der Waals surface area contributed by atoms with Crippen molar-refractivity contribution in [1.82, 2.24) is 4.90 Å². The zero-order chi connectivity index (χ0) is 17.7. The average molecular weight is 327 g/mol. The minimum Gasteiger partial charge on any atom is -0.504 e. The number of para-hydroxylation sites is 1. The van der Waals surface area contributed by atoms with Gasteiger partial charge in [0, 0.05) is 23.6 Å². The molecule has 1 unspecified atom stereocenters. The van der Waals surface area contributed by atoms with Gasteiger partial charge in [0.2, 0.25) is 0 Å². The Kier molecular flexibility index (Phi) is 6.27. The van der Waals surface area contributed by atoms with E-state index in [2.05, 4.69) is 44.7 Å². The Labute approximate surface area is 145 Å². The predicted molar refractivity (Wildman–Crippen MR) is 99.7 cm³/mol. The summed E-state index contributed by atoms with van der Waals surface area (Å²) in [6.07, 6.45) is 0.886. The van der Waals surface area contributed by atoms with Crippen LogP contribution in [0.2, 0.25) is 0 Å². The van der Waals surface area contributed by atoms with Gasteiger partial charge in [-0.25, -0.2) is 0 Å². The molecule has 2 N–H and O–H groups in total. The van der Waals surface area contributed by atoms with E-state index in [1.54, 1.807) is 6.07 Å². The van der Waals surface area contributed by atoms with Crippen molar-refractivity contribution in [1.29, 1.82) is 0 Å². The van der Waals surface area contributed by atoms with Crippen molar-refractivity contribution in [3.63, 3.8) is 0 Å². The number of hydrogen-bond acceptors (Lipinski definition) is 3. The van der Waals surface area contributed by atoms with E-state index in [-0.39, 0.29) is 17.4 Å². The van der Waals surface area contributed by atoms with Gasteiger partial charge in [0.05, 0.1) is 0 Å². The summed E-state index contributed by atoms with van der Waals surface area (Å²) in [6.45, 7) is 9.78. The summed E-state index contributed by atoms with van der Waals surface area (Å²) < 4.78 is 0. The smallest absolute Gasteiger partial charge is 0.161 e. The summed E-state index contributed by atoms with van der Waals surface area (Å²) in [6, 6.07) is 16.4. The normalized spacial score (nSPS) is 13.0. The summed E-state index contributed by atoms with van der Waals surface area (Å²) in [7, 11) is 0. The van der Waals surface area contributed by atoms with Crippen LogP contribution in [0, 0.1) is 0 Å². The lowest BCUT2D eigenvalue weighted by atomic mass is 9.87. The first-order valence-corrected chi connectivity index (χ1v) is 8.73. The van der Waals surface area contributed by atoms with Crippen LogP contribution >= 0.6 is 0 Å². The van der Waals surface area contributed by atoms with Crippen LogP contribution in [0.25, 0.3) is 0 Å². The molecule has 130 valence electrons. The van der Waals surface area contributed by atoms with Gasteiger partial charge in [0.25, 0.3) is 0 Å². The van der Waals surface area contributed by atoms with Crippen molar-refractivity contribution >= 4 is 0 Å². The third kappa shape index (κ3) is 4.30. The van der Waals surface area contributed by atoms with Gasteiger partial charge >= 0.3 is 0 Å². The minimum absolute atomic E-state index is 0.00741. The fraction of sp³-hybridized carbons (Fsp3) is 0.429. The van der Waals surface area contributed by atoms with E-state index < -0.39 is 0 Å². The standard InChI is InChI=1S/C21H29NO2/c1-15(2)22(16(3)4)14-13-18(17-9-6-5-7-10-17)19-11-8-12-20(23)21(19)24/h5-12,15-16,18,23-24H,13-14H2,1-4H3. The molecular weight excluding hydrogens is 298 g/mol. The second-order valence-electron chi connectivity index (χ2n) is 6.89. The Morgan fingerprint density at radius 1 is 0.833 bits per heavy atom. The Morgan fingerprint density at radius 3 is 2.04 bits per heavy atom. The zero-order valence-corrected chi connectivity index (χ0v) is 15.1. The van der Waals surface area contributed by atoms with Gasteiger partial charge in [-0.3, -0.25) is 4.90 Å². The van der Waals surface area contributed by atoms with Crippen LogP contribution in [0.5, 0.6) is 11.5 Å². The molecule has 24 heavy (non-hydrogen) atoms. The highest BCUT2D eigenvalue weighted by Crippen LogP contribution is 2.38. The zero-order valence-electron chi connectivity index (χ0n) is 15.1. The van der Waals surface area contributed by atoms with Gasteiger partial charge in [-0.15, -0.1) is 0 Å². The molecular formula is C21H29NO2. The van der Waals surface area contributed by atoms with Gasteiger partial charge in [-0.2, -0.15) is 0 Å². The third-order valence-corrected chi connectivity index (χ3v) is 4.63. The van der Waals surface area contributed by atoms with E-state index in [1.807, 2.05) is 24.3 Å². The maximum atomic E-state index is 10.3. The van der Waals surface area contributed by atoms with E-state index in [9.17, 15) is 10.2 Å². The summed E-state index contributed by atoms with van der Waals surface area (Å²) in [5.74, 6) is -0.0108. The van der Waals surface area contributed by atoms with Crippen LogP contribution in [0.1, 0.15) is 51.2 Å². The molecule has 0 heterocycles. The lowest BCUT2D eigenvalue weighted by Crippen LogP contribution is -2.38. The highest BCUT2D eigenvalue weighted by Gasteiger charge is 2.22. The molecule has 3 nitrogen and oxygen atoms in total. The van der Waals surface area contributed by atoms with Crippen molar-refractivity contribution in [3.8, 4) is 11.5 Å². The van der Waals surface area contributed by atoms with Crippen LogP contribution in [-0.2, 0) is 0 Å². The molecule has 0 saturated carbocycles. The van der Waals surface area contributed by atoms with Gasteiger partial charge in [0.1, 0.15) is 0 Å². The third-order valence-electron chi connectivity index (χ3n) is 4.63. The fourth-order valence-corrected chi connectivity index (χ4v) is 3.41. The molecule has 3 heteroatoms. The van der Waals surface area contributed by atoms with E-state index in [0.717, 1.165) is 24.1 Å². The van der Waals surface area contributed by atoms with E-state index in [0.29, 0.717) is 12.1 Å². The van der Waals surface area contributed by atoms with Crippen molar-refractivity contribution in [3.05, 3.63) is 59.7 Å². The van der Waals surface area contributed by atoms with Gasteiger partial charge < -0.3 is 10.2 Å². The molecule has 0 spiro atoms. The molecule has 2 rings (SSSR count). The maximum Gasteiger partial charge on any atom is 0.161 e. The Bertz CT molecular complexity index is 630. The Hall–Kier alpha value is -2.00. The predicted octanol–water partition coefficient (Wildman–Crippen LogP) is 4.74. The number of hydrogen-bond donors (Lipinski definition) is 2. The van der Waals surface area contributed by atoms with Crippen LogP contribution in [0.15, 0.2) is 48.5 Å². The van der Waals surface area contributed by atoms with Gasteiger partial charge in [-0.05, 0) is 52.3 Å². The molecule has 2 aromatic rings. The SMILES string of the molecule is CC(C)N(CCC(c1ccccc1)c1cccc(O)c1O)C(C)C. The van der Waals surface area contributed by atoms with Crippen molar-refractivity contribution < 1.29 is 10.2 Å². The molecule has 0 aliphatic rings. The van der Waals surface area contributed by atoms with Crippen LogP contribution in [0.3, 0.4) is 0 Å². The lowest BCUT2D eigenvalue weighted by Gasteiger charge is -2.32. The molecule has 0 amide bonds. The first-order valence-electron chi connectivity index (χ1n) is 8.73. The van der Waals surface area contributed by atoms with E-state index in [1.165, 1.54) is 6.07 Å². The van der Waals surface area contributed by atoms with Crippen molar-refractivity contribution in [2.75, 3.05) is 6.54 Å². The van der Waals surface area contributed by atoms with Gasteiger partial charge in [0.15, 0.2) is 11.5 Å². The summed E-state index contributed by atoms with van der Waals surface area (Å²) in [5, 5.41) is 20.2. The summed E-state index contributed by atoms with van der Waals surface area (Å²) in [4.78, 5) is 2.45. The van der Waals surface area contributed by atoms with Crippen molar-refractivity contribution in [2.24, 2.45) is 0 Å². The molecule has 0 saturated heterocycles. The quantitative estimate of drug-likeness (QED) is 0.722. The first-order chi connectivity index (χ1) is 11.4. The topological polar surface area (TPSA) is 43.7 Å². The molecule has 2 aromatic carbocycles. The molecule has 0 aliphatic carbocycles. The number of phenols is 2. The number of nitrogens with zero attached hydrogens (tertiary/aromatic N) is 1. The number of rotatable bonds is 7. The molecule has 0 aliphatic heterocycles. The average Bonchev–Trinajstić information content (AvgIpc) is 2.55. The summed E-state index contributed by atoms with van der Waals surface area (Å²) in [5.41, 5.74) is 1.94. The molecule has 1 atom stereocenters. The van der Waals surface area contributed by atoms with Crippen molar-refractivity contribution in [2.45, 2.75) is 52.1 Å².